The van der Waals surface area contributed by atoms with E-state index in [1.165, 1.54) is 53.4 Å². The monoisotopic (exact) mass is 573 g/mol. The van der Waals surface area contributed by atoms with Gasteiger partial charge in [0.25, 0.3) is 0 Å². The molecular weight excluding hydrogens is 552 g/mol. The van der Waals surface area contributed by atoms with E-state index in [1.807, 2.05) is 30.3 Å². The summed E-state index contributed by atoms with van der Waals surface area (Å²) in [6.45, 7) is 0.323. The Balaban J connectivity index is 1.49. The van der Waals surface area contributed by atoms with Gasteiger partial charge in [0, 0.05) is 30.3 Å². The second-order valence-electron chi connectivity index (χ2n) is 8.40. The molecule has 4 rings (SSSR count). The van der Waals surface area contributed by atoms with Crippen LogP contribution in [0.3, 0.4) is 0 Å². The van der Waals surface area contributed by atoms with Gasteiger partial charge in [-0.25, -0.2) is 9.79 Å². The molecule has 1 heterocycles. The molecule has 8 nitrogen and oxygen atoms in total. The number of hydrogen-bond donors (Lipinski definition) is 2. The van der Waals surface area contributed by atoms with Crippen molar-refractivity contribution in [2.45, 2.75) is 23.7 Å². The normalized spacial score (nSPS) is 16.4. The number of aliphatic imine (C=N–C) groups is 1. The highest BCUT2D eigenvalue weighted by Crippen LogP contribution is 2.33. The first kappa shape index (κ1) is 28.1. The lowest BCUT2D eigenvalue weighted by Gasteiger charge is -2.16. The Morgan fingerprint density at radius 3 is 2.33 bits per heavy atom. The number of rotatable bonds is 10. The van der Waals surface area contributed by atoms with Crippen LogP contribution in [0.2, 0.25) is 0 Å². The number of carbonyl (C=O) groups is 3. The fraction of sp³-hybridized carbons (Fsp3) is 0.185. The molecule has 0 unspecified atom stereocenters. The van der Waals surface area contributed by atoms with Crippen LogP contribution in [0.15, 0.2) is 83.9 Å². The van der Waals surface area contributed by atoms with Crippen molar-refractivity contribution >= 4 is 57.7 Å². The number of carboxylic acids is 1. The first-order chi connectivity index (χ1) is 18.6. The van der Waals surface area contributed by atoms with Gasteiger partial charge in [-0.15, -0.1) is 8.78 Å². The summed E-state index contributed by atoms with van der Waals surface area (Å²) >= 11 is 5.94. The van der Waals surface area contributed by atoms with E-state index in [4.69, 9.17) is 16.7 Å². The van der Waals surface area contributed by atoms with Crippen LogP contribution in [0.5, 0.6) is 5.75 Å². The predicted molar refractivity (Wildman–Crippen MR) is 145 cm³/mol. The van der Waals surface area contributed by atoms with Crippen molar-refractivity contribution in [3.05, 3.63) is 90.0 Å². The third-order valence-corrected chi connectivity index (χ3v) is 6.82. The van der Waals surface area contributed by atoms with Crippen LogP contribution in [0.25, 0.3) is 0 Å². The molecule has 0 saturated carbocycles. The maximum atomic E-state index is 13.3. The van der Waals surface area contributed by atoms with Crippen molar-refractivity contribution in [1.29, 1.82) is 0 Å². The quantitative estimate of drug-likeness (QED) is 0.299. The number of benzene rings is 3. The molecule has 2 N–H and O–H groups in total. The molecule has 1 aliphatic heterocycles. The number of alkyl halides is 3. The van der Waals surface area contributed by atoms with Gasteiger partial charge in [-0.2, -0.15) is 0 Å². The van der Waals surface area contributed by atoms with Crippen molar-refractivity contribution in [3.8, 4) is 5.75 Å². The van der Waals surface area contributed by atoms with Gasteiger partial charge in [0.15, 0.2) is 5.17 Å². The second kappa shape index (κ2) is 12.3. The maximum Gasteiger partial charge on any atom is 0.487 e. The number of carbonyl (C=O) groups excluding carboxylic acids is 2. The molecule has 1 aliphatic rings. The third kappa shape index (κ3) is 8.01. The van der Waals surface area contributed by atoms with Gasteiger partial charge >= 0.3 is 11.5 Å². The number of ether oxygens (including phenoxy) is 1. The molecule has 1 atom stereocenters. The second-order valence-corrected chi connectivity index (χ2v) is 10.0. The number of aromatic carboxylic acids is 1. The molecule has 1 fully saturated rings. The number of amides is 2. The van der Waals surface area contributed by atoms with Crippen LogP contribution in [0.4, 0.5) is 20.2 Å². The molecule has 0 radical (unpaired) electrons. The lowest BCUT2D eigenvalue weighted by atomic mass is 10.1. The number of hydrogen-bond acceptors (Lipinski definition) is 6. The molecule has 12 heteroatoms. The molecule has 39 heavy (non-hydrogen) atoms. The van der Waals surface area contributed by atoms with Gasteiger partial charge in [-0.1, -0.05) is 42.1 Å². The number of nitrogens with zero attached hydrogens (tertiary/aromatic N) is 2. The molecular formula is C27H22ClF2N3O5S. The number of amidine groups is 1. The van der Waals surface area contributed by atoms with Gasteiger partial charge in [0.1, 0.15) is 11.0 Å². The lowest BCUT2D eigenvalue weighted by Crippen LogP contribution is -2.35. The van der Waals surface area contributed by atoms with E-state index in [9.17, 15) is 23.2 Å². The van der Waals surface area contributed by atoms with Gasteiger partial charge < -0.3 is 15.2 Å². The first-order valence-corrected chi connectivity index (χ1v) is 12.9. The van der Waals surface area contributed by atoms with E-state index < -0.39 is 22.7 Å². The van der Waals surface area contributed by atoms with Gasteiger partial charge in [0.2, 0.25) is 11.8 Å². The summed E-state index contributed by atoms with van der Waals surface area (Å²) < 4.78 is 30.1. The van der Waals surface area contributed by atoms with Crippen LogP contribution in [-0.4, -0.2) is 50.3 Å². The minimum Gasteiger partial charge on any atom is -0.478 e. The number of thioether (sulfide) groups is 1. The fourth-order valence-electron chi connectivity index (χ4n) is 3.73. The van der Waals surface area contributed by atoms with Crippen molar-refractivity contribution in [2.24, 2.45) is 4.99 Å². The van der Waals surface area contributed by atoms with E-state index in [-0.39, 0.29) is 23.6 Å². The minimum absolute atomic E-state index is 0.0837. The van der Waals surface area contributed by atoms with Crippen molar-refractivity contribution in [3.63, 3.8) is 0 Å². The van der Waals surface area contributed by atoms with E-state index in [0.717, 1.165) is 17.3 Å². The Kier molecular flexibility index (Phi) is 8.82. The number of carboxylic acid groups (broad SMARTS) is 1. The Labute approximate surface area is 231 Å². The molecule has 3 aromatic rings. The Morgan fingerprint density at radius 2 is 1.72 bits per heavy atom. The SMILES string of the molecule is O=C(C[C@@H]1SC(=Nc2ccc(OC(F)(F)Cl)cc2)N(CCc2ccccc2)C1=O)Nc1ccc(C(=O)O)cc1. The number of anilines is 1. The zero-order valence-electron chi connectivity index (χ0n) is 20.2. The fourth-order valence-corrected chi connectivity index (χ4v) is 5.00. The highest BCUT2D eigenvalue weighted by atomic mass is 35.5. The van der Waals surface area contributed by atoms with Crippen LogP contribution in [0.1, 0.15) is 22.3 Å². The van der Waals surface area contributed by atoms with Crippen LogP contribution >= 0.6 is 23.4 Å². The molecule has 2 amide bonds. The molecule has 0 aliphatic carbocycles. The molecule has 1 saturated heterocycles. The Bertz CT molecular complexity index is 1370. The summed E-state index contributed by atoms with van der Waals surface area (Å²) in [5.41, 5.74) is -1.95. The first-order valence-electron chi connectivity index (χ1n) is 11.7. The summed E-state index contributed by atoms with van der Waals surface area (Å²) in [4.78, 5) is 43.1. The molecule has 3 aromatic carbocycles. The van der Waals surface area contributed by atoms with Crippen molar-refractivity contribution in [2.75, 3.05) is 11.9 Å². The van der Waals surface area contributed by atoms with Gasteiger partial charge in [0.05, 0.1) is 11.3 Å². The average Bonchev–Trinajstić information content (AvgIpc) is 3.17. The van der Waals surface area contributed by atoms with Gasteiger partial charge in [-0.05, 0) is 60.5 Å². The zero-order chi connectivity index (χ0) is 28.0. The molecule has 0 spiro atoms. The lowest BCUT2D eigenvalue weighted by molar-refractivity contribution is -0.128. The maximum absolute atomic E-state index is 13.3. The molecule has 202 valence electrons. The smallest absolute Gasteiger partial charge is 0.478 e. The highest BCUT2D eigenvalue weighted by molar-refractivity contribution is 8.15. The predicted octanol–water partition coefficient (Wildman–Crippen LogP) is 5.76. The average molecular weight is 574 g/mol. The summed E-state index contributed by atoms with van der Waals surface area (Å²) in [5, 5.41) is 11.3. The molecule has 0 aromatic heterocycles. The van der Waals surface area contributed by atoms with Crippen molar-refractivity contribution < 1.29 is 33.0 Å². The summed E-state index contributed by atoms with van der Waals surface area (Å²) in [6, 6.07) is 20.7. The summed E-state index contributed by atoms with van der Waals surface area (Å²) in [7, 11) is 0. The summed E-state index contributed by atoms with van der Waals surface area (Å²) in [6.07, 6.45) is 0.418. The number of halogens is 3. The van der Waals surface area contributed by atoms with Crippen molar-refractivity contribution in [1.82, 2.24) is 4.90 Å². The van der Waals surface area contributed by atoms with E-state index in [1.54, 1.807) is 0 Å². The minimum atomic E-state index is -3.85. The van der Waals surface area contributed by atoms with E-state index in [0.29, 0.717) is 29.5 Å². The largest absolute Gasteiger partial charge is 0.487 e. The Hall–Kier alpha value is -3.96. The van der Waals surface area contributed by atoms with Crippen LogP contribution < -0.4 is 10.1 Å². The van der Waals surface area contributed by atoms with E-state index in [2.05, 4.69) is 15.0 Å². The van der Waals surface area contributed by atoms with Crippen LogP contribution in [-0.2, 0) is 16.0 Å². The molecule has 0 bridgehead atoms. The standard InChI is InChI=1S/C27H22ClF2N3O5S/c28-27(29,30)38-21-12-10-20(11-13-21)32-26-33(15-14-17-4-2-1-3-5-17)24(35)22(39-26)16-23(34)31-19-8-6-18(7-9-19)25(36)37/h1-13,22H,14-16H2,(H,31,34)(H,36,37)/t22-/m0/s1. The van der Waals surface area contributed by atoms with E-state index >= 15 is 0 Å². The van der Waals surface area contributed by atoms with Crippen LogP contribution in [0, 0.1) is 0 Å². The topological polar surface area (TPSA) is 108 Å². The highest BCUT2D eigenvalue weighted by Gasteiger charge is 2.39. The third-order valence-electron chi connectivity index (χ3n) is 5.57. The zero-order valence-corrected chi connectivity index (χ0v) is 21.8. The Morgan fingerprint density at radius 1 is 1.05 bits per heavy atom. The number of nitrogens with one attached hydrogen (secondary N) is 1. The van der Waals surface area contributed by atoms with Gasteiger partial charge in [-0.3, -0.25) is 14.5 Å². The summed E-state index contributed by atoms with van der Waals surface area (Å²) in [5.74, 6) is -1.94.